The highest BCUT2D eigenvalue weighted by Gasteiger charge is 2.34. The molecule has 0 bridgehead atoms. The zero-order chi connectivity index (χ0) is 32.9. The Hall–Kier alpha value is -4.11. The van der Waals surface area contributed by atoms with Gasteiger partial charge in [-0.3, -0.25) is 14.4 Å². The Kier molecular flexibility index (Phi) is 10.4. The van der Waals surface area contributed by atoms with Crippen LogP contribution in [0.15, 0.2) is 101 Å². The van der Waals surface area contributed by atoms with Gasteiger partial charge < -0.3 is 4.74 Å². The van der Waals surface area contributed by atoms with E-state index in [1.165, 1.54) is 38.2 Å². The number of non-ortho nitro benzene ring substituents is 1. The van der Waals surface area contributed by atoms with E-state index in [9.17, 15) is 31.3 Å². The highest BCUT2D eigenvalue weighted by atomic mass is 35.5. The van der Waals surface area contributed by atoms with Gasteiger partial charge in [0.05, 0.1) is 33.1 Å². The van der Waals surface area contributed by atoms with Crippen molar-refractivity contribution >= 4 is 43.0 Å². The summed E-state index contributed by atoms with van der Waals surface area (Å²) in [6.07, 6.45) is 0.219. The largest absolute Gasteiger partial charge is 0.493 e. The molecule has 4 aromatic rings. The predicted molar refractivity (Wildman–Crippen MR) is 165 cm³/mol. The smallest absolute Gasteiger partial charge is 0.269 e. The van der Waals surface area contributed by atoms with Crippen molar-refractivity contribution in [3.8, 4) is 5.75 Å². The lowest BCUT2D eigenvalue weighted by Gasteiger charge is -2.32. The Labute approximate surface area is 264 Å². The molecule has 4 aromatic carbocycles. The van der Waals surface area contributed by atoms with Crippen LogP contribution in [0.3, 0.4) is 0 Å². The summed E-state index contributed by atoms with van der Waals surface area (Å²) in [4.78, 5) is 9.95. The number of benzene rings is 4. The average Bonchev–Trinajstić information content (AvgIpc) is 3.01. The van der Waals surface area contributed by atoms with Crippen molar-refractivity contribution < 1.29 is 35.3 Å². The summed E-state index contributed by atoms with van der Waals surface area (Å²) in [5.74, 6) is -1.55. The van der Waals surface area contributed by atoms with E-state index in [1.807, 2.05) is 0 Å². The van der Waals surface area contributed by atoms with E-state index in [1.54, 1.807) is 24.3 Å². The van der Waals surface area contributed by atoms with Gasteiger partial charge in [-0.15, -0.1) is 0 Å². The summed E-state index contributed by atoms with van der Waals surface area (Å²) in [7, 11) is -7.03. The Bertz CT molecular complexity index is 1890. The highest BCUT2D eigenvalue weighted by molar-refractivity contribution is 7.92. The van der Waals surface area contributed by atoms with Gasteiger partial charge in [-0.2, -0.15) is 0 Å². The second-order valence-corrected chi connectivity index (χ2v) is 14.1. The Morgan fingerprint density at radius 1 is 0.889 bits per heavy atom. The van der Waals surface area contributed by atoms with Crippen LogP contribution in [0, 0.1) is 21.7 Å². The minimum atomic E-state index is -4.46. The number of halogens is 3. The fraction of sp³-hybridized carbons (Fsp3) is 0.200. The molecule has 0 aliphatic carbocycles. The van der Waals surface area contributed by atoms with Crippen molar-refractivity contribution in [3.05, 3.63) is 123 Å². The molecule has 4 rings (SSSR count). The maximum Gasteiger partial charge on any atom is 0.269 e. The molecule has 0 radical (unpaired) electrons. The van der Waals surface area contributed by atoms with Crippen LogP contribution in [-0.4, -0.2) is 46.3 Å². The zero-order valence-electron chi connectivity index (χ0n) is 24.0. The van der Waals surface area contributed by atoms with Crippen LogP contribution >= 0.6 is 11.6 Å². The number of anilines is 1. The number of sulfonamides is 2. The van der Waals surface area contributed by atoms with Gasteiger partial charge in [-0.1, -0.05) is 29.8 Å². The molecule has 0 amide bonds. The fourth-order valence-electron chi connectivity index (χ4n) is 4.51. The molecule has 0 heterocycles. The normalized spacial score (nSPS) is 12.6. The number of para-hydroxylation sites is 1. The number of ether oxygens (including phenoxy) is 1. The van der Waals surface area contributed by atoms with E-state index in [-0.39, 0.29) is 45.8 Å². The average molecular weight is 680 g/mol. The van der Waals surface area contributed by atoms with Crippen molar-refractivity contribution in [2.75, 3.05) is 24.5 Å². The summed E-state index contributed by atoms with van der Waals surface area (Å²) in [5.41, 5.74) is -0.409. The first-order valence-corrected chi connectivity index (χ1v) is 16.7. The molecular weight excluding hydrogens is 652 g/mol. The lowest BCUT2D eigenvalue weighted by atomic mass is 10.1. The number of nitro groups is 1. The minimum Gasteiger partial charge on any atom is -0.493 e. The van der Waals surface area contributed by atoms with Crippen molar-refractivity contribution in [2.45, 2.75) is 29.2 Å². The van der Waals surface area contributed by atoms with Gasteiger partial charge in [-0.25, -0.2) is 29.9 Å². The van der Waals surface area contributed by atoms with Gasteiger partial charge >= 0.3 is 0 Å². The third-order valence-electron chi connectivity index (χ3n) is 6.87. The molecule has 238 valence electrons. The first kappa shape index (κ1) is 33.8. The molecule has 0 aliphatic rings. The quantitative estimate of drug-likeness (QED) is 0.0888. The molecular formula is C30H28ClF2N3O7S2. The molecule has 0 saturated carbocycles. The van der Waals surface area contributed by atoms with Crippen LogP contribution in [0.5, 0.6) is 5.75 Å². The van der Waals surface area contributed by atoms with E-state index in [0.29, 0.717) is 5.56 Å². The predicted octanol–water partition coefficient (Wildman–Crippen LogP) is 6.57. The summed E-state index contributed by atoms with van der Waals surface area (Å²) >= 11 is 5.94. The van der Waals surface area contributed by atoms with Crippen LogP contribution in [0.2, 0.25) is 5.02 Å². The van der Waals surface area contributed by atoms with Gasteiger partial charge in [0.1, 0.15) is 17.4 Å². The number of nitro benzene ring substituents is 1. The molecule has 15 heteroatoms. The molecule has 0 saturated heterocycles. The van der Waals surface area contributed by atoms with Crippen LogP contribution in [0.25, 0.3) is 0 Å². The monoisotopic (exact) mass is 679 g/mol. The SMILES string of the molecule is CC(c1ccccc1OCCCN(C)S(=O)(=O)c1ccc([N+](=O)[O-])cc1)N(c1cc(F)ccc1F)S(=O)(=O)c1ccc(Cl)cc1. The number of nitrogens with zero attached hydrogens (tertiary/aromatic N) is 3. The maximum atomic E-state index is 15.1. The molecule has 0 spiro atoms. The lowest BCUT2D eigenvalue weighted by molar-refractivity contribution is -0.384. The summed E-state index contributed by atoms with van der Waals surface area (Å²) in [5, 5.41) is 11.2. The second kappa shape index (κ2) is 13.9. The molecule has 10 nitrogen and oxygen atoms in total. The van der Waals surface area contributed by atoms with Gasteiger partial charge in [0.25, 0.3) is 15.7 Å². The number of hydrogen-bond donors (Lipinski definition) is 0. The Morgan fingerprint density at radius 2 is 1.49 bits per heavy atom. The van der Waals surface area contributed by atoms with Gasteiger partial charge in [0.2, 0.25) is 10.0 Å². The van der Waals surface area contributed by atoms with Crippen molar-refractivity contribution in [1.29, 1.82) is 0 Å². The number of hydrogen-bond acceptors (Lipinski definition) is 7. The number of rotatable bonds is 13. The first-order valence-electron chi connectivity index (χ1n) is 13.4. The molecule has 0 aliphatic heterocycles. The lowest BCUT2D eigenvalue weighted by Crippen LogP contribution is -2.34. The van der Waals surface area contributed by atoms with Gasteiger partial charge in [-0.05, 0) is 67.9 Å². The van der Waals surface area contributed by atoms with Crippen LogP contribution in [0.1, 0.15) is 24.9 Å². The molecule has 45 heavy (non-hydrogen) atoms. The second-order valence-electron chi connectivity index (χ2n) is 9.84. The van der Waals surface area contributed by atoms with Gasteiger partial charge in [0.15, 0.2) is 0 Å². The molecule has 1 unspecified atom stereocenters. The van der Waals surface area contributed by atoms with Crippen molar-refractivity contribution in [3.63, 3.8) is 0 Å². The Balaban J connectivity index is 1.56. The minimum absolute atomic E-state index is 0.0160. The van der Waals surface area contributed by atoms with E-state index < -0.39 is 48.3 Å². The third kappa shape index (κ3) is 7.59. The van der Waals surface area contributed by atoms with E-state index in [0.717, 1.165) is 51.1 Å². The molecule has 0 aromatic heterocycles. The zero-order valence-corrected chi connectivity index (χ0v) is 26.4. The standard InChI is InChI=1S/C30H28ClF2N3O7S2/c1-21(35(29-20-23(32)10-17-28(29)33)45(41,42)26-13-8-22(31)9-14-26)27-6-3-4-7-30(27)43-19-5-18-34(2)44(39,40)25-15-11-24(12-16-25)36(37)38/h3-4,6-17,20-21H,5,18-19H2,1-2H3. The van der Waals surface area contributed by atoms with Crippen LogP contribution < -0.4 is 9.04 Å². The van der Waals surface area contributed by atoms with Crippen LogP contribution in [0.4, 0.5) is 20.2 Å². The molecule has 1 atom stereocenters. The van der Waals surface area contributed by atoms with E-state index in [4.69, 9.17) is 16.3 Å². The first-order chi connectivity index (χ1) is 21.2. The highest BCUT2D eigenvalue weighted by Crippen LogP contribution is 2.38. The summed E-state index contributed by atoms with van der Waals surface area (Å²) < 4.78 is 90.8. The third-order valence-corrected chi connectivity index (χ3v) is 10.9. The fourth-order valence-corrected chi connectivity index (χ4v) is 7.49. The summed E-state index contributed by atoms with van der Waals surface area (Å²) in [6, 6.07) is 17.7. The molecule has 0 fully saturated rings. The summed E-state index contributed by atoms with van der Waals surface area (Å²) in [6.45, 7) is 1.55. The Morgan fingerprint density at radius 3 is 2.13 bits per heavy atom. The molecule has 0 N–H and O–H groups in total. The topological polar surface area (TPSA) is 127 Å². The van der Waals surface area contributed by atoms with Crippen LogP contribution in [-0.2, 0) is 20.0 Å². The maximum absolute atomic E-state index is 15.1. The van der Waals surface area contributed by atoms with Gasteiger partial charge in [0, 0.05) is 42.4 Å². The van der Waals surface area contributed by atoms with E-state index in [2.05, 4.69) is 0 Å². The van der Waals surface area contributed by atoms with E-state index >= 15 is 4.39 Å². The van der Waals surface area contributed by atoms with Crippen molar-refractivity contribution in [2.24, 2.45) is 0 Å². The van der Waals surface area contributed by atoms with Crippen molar-refractivity contribution in [1.82, 2.24) is 4.31 Å².